The van der Waals surface area contributed by atoms with Gasteiger partial charge in [-0.1, -0.05) is 6.08 Å². The second kappa shape index (κ2) is 2.80. The van der Waals surface area contributed by atoms with Crippen LogP contribution in [0.4, 0.5) is 4.79 Å². The fraction of sp³-hybridized carbons (Fsp3) is 0.250. The second-order valence-electron chi connectivity index (χ2n) is 1.51. The van der Waals surface area contributed by atoms with Gasteiger partial charge in [0.2, 0.25) is 0 Å². The molecule has 0 aliphatic rings. The van der Waals surface area contributed by atoms with Crippen molar-refractivity contribution >= 4 is 13.0 Å². The molecular weight excluding hydrogens is 141 g/mol. The van der Waals surface area contributed by atoms with E-state index in [2.05, 4.69) is 12.3 Å². The Balaban J connectivity index is 4.20. The summed E-state index contributed by atoms with van der Waals surface area (Å²) in [5.41, 5.74) is 3.39. The molecule has 0 fully saturated rings. The molecule has 0 aromatic rings. The highest BCUT2D eigenvalue weighted by Gasteiger charge is 2.22. The van der Waals surface area contributed by atoms with Crippen LogP contribution in [0.3, 0.4) is 0 Å². The SMILES string of the molecule is C=CCP(=O)(O)C(N)=O. The zero-order valence-electron chi connectivity index (χ0n) is 4.78. The average Bonchev–Trinajstić information content (AvgIpc) is 1.65. The molecule has 1 amide bonds. The first-order valence-corrected chi connectivity index (χ1v) is 4.08. The largest absolute Gasteiger partial charge is 0.361 e. The molecule has 52 valence electrons. The number of hydrogen-bond donors (Lipinski definition) is 2. The Bertz CT molecular complexity index is 177. The third-order valence-electron chi connectivity index (χ3n) is 0.721. The van der Waals surface area contributed by atoms with Gasteiger partial charge < -0.3 is 10.6 Å². The number of amides is 1. The number of nitrogens with two attached hydrogens (primary N) is 1. The Morgan fingerprint density at radius 1 is 1.89 bits per heavy atom. The maximum atomic E-state index is 10.5. The van der Waals surface area contributed by atoms with E-state index in [4.69, 9.17) is 4.89 Å². The van der Waals surface area contributed by atoms with E-state index in [1.807, 2.05) is 0 Å². The fourth-order valence-electron chi connectivity index (χ4n) is 0.265. The van der Waals surface area contributed by atoms with E-state index in [1.54, 1.807) is 0 Å². The molecule has 0 heterocycles. The van der Waals surface area contributed by atoms with Gasteiger partial charge in [-0.3, -0.25) is 9.36 Å². The van der Waals surface area contributed by atoms with Gasteiger partial charge in [0.1, 0.15) is 0 Å². The highest BCUT2D eigenvalue weighted by molar-refractivity contribution is 7.75. The first kappa shape index (κ1) is 8.40. The topological polar surface area (TPSA) is 80.4 Å². The number of carbonyl (C=O) groups is 1. The first-order chi connectivity index (χ1) is 4.00. The van der Waals surface area contributed by atoms with E-state index in [0.29, 0.717) is 0 Å². The average molecular weight is 149 g/mol. The number of rotatable bonds is 3. The molecule has 5 heteroatoms. The smallest absolute Gasteiger partial charge is 0.303 e. The molecular formula is C4H8NO3P. The fourth-order valence-corrected chi connectivity index (χ4v) is 0.795. The lowest BCUT2D eigenvalue weighted by molar-refractivity contribution is 0.262. The molecule has 0 aromatic heterocycles. The van der Waals surface area contributed by atoms with Gasteiger partial charge in [-0.2, -0.15) is 0 Å². The van der Waals surface area contributed by atoms with Gasteiger partial charge in [-0.05, 0) is 0 Å². The monoisotopic (exact) mass is 149 g/mol. The minimum absolute atomic E-state index is 0.248. The predicted molar refractivity (Wildman–Crippen MR) is 34.5 cm³/mol. The van der Waals surface area contributed by atoms with Gasteiger partial charge in [0.15, 0.2) is 0 Å². The summed E-state index contributed by atoms with van der Waals surface area (Å²) in [5.74, 6) is 0. The molecule has 0 bridgehead atoms. The summed E-state index contributed by atoms with van der Waals surface area (Å²) in [6, 6.07) is 0. The quantitative estimate of drug-likeness (QED) is 0.453. The van der Waals surface area contributed by atoms with E-state index in [-0.39, 0.29) is 6.16 Å². The van der Waals surface area contributed by atoms with E-state index < -0.39 is 13.0 Å². The first-order valence-electron chi connectivity index (χ1n) is 2.23. The van der Waals surface area contributed by atoms with Crippen LogP contribution in [0.25, 0.3) is 0 Å². The Hall–Kier alpha value is -0.600. The van der Waals surface area contributed by atoms with Crippen molar-refractivity contribution in [2.24, 2.45) is 5.73 Å². The van der Waals surface area contributed by atoms with Crippen LogP contribution in [0.5, 0.6) is 0 Å². The number of allylic oxidation sites excluding steroid dienone is 1. The highest BCUT2D eigenvalue weighted by atomic mass is 31.2. The summed E-state index contributed by atoms with van der Waals surface area (Å²) in [6.07, 6.45) is 0.938. The zero-order chi connectivity index (χ0) is 7.49. The van der Waals surface area contributed by atoms with Crippen LogP contribution in [0.1, 0.15) is 0 Å². The van der Waals surface area contributed by atoms with Crippen LogP contribution < -0.4 is 5.73 Å². The van der Waals surface area contributed by atoms with Crippen molar-refractivity contribution in [2.75, 3.05) is 6.16 Å². The zero-order valence-corrected chi connectivity index (χ0v) is 5.67. The minimum atomic E-state index is -3.74. The van der Waals surface area contributed by atoms with Crippen molar-refractivity contribution < 1.29 is 14.3 Å². The van der Waals surface area contributed by atoms with E-state index in [0.717, 1.165) is 0 Å². The van der Waals surface area contributed by atoms with Gasteiger partial charge >= 0.3 is 5.65 Å². The molecule has 0 rings (SSSR count). The summed E-state index contributed by atoms with van der Waals surface area (Å²) < 4.78 is 10.5. The molecule has 3 N–H and O–H groups in total. The molecule has 0 aromatic carbocycles. The van der Waals surface area contributed by atoms with Crippen LogP contribution in [-0.2, 0) is 4.57 Å². The molecule has 0 saturated heterocycles. The molecule has 9 heavy (non-hydrogen) atoms. The molecule has 0 aliphatic heterocycles. The standard InChI is InChI=1S/C4H8NO3P/c1-2-3-9(7,8)4(5)6/h2H,1,3H2,(H2,5,6)(H,7,8). The Morgan fingerprint density at radius 3 is 2.44 bits per heavy atom. The predicted octanol–water partition coefficient (Wildman–Crippen LogP) is 0.522. The van der Waals surface area contributed by atoms with Crippen LogP contribution in [0.15, 0.2) is 12.7 Å². The van der Waals surface area contributed by atoms with Crippen LogP contribution in [0.2, 0.25) is 0 Å². The third kappa shape index (κ3) is 2.44. The van der Waals surface area contributed by atoms with E-state index in [9.17, 15) is 9.36 Å². The lowest BCUT2D eigenvalue weighted by atomic mass is 10.8. The summed E-state index contributed by atoms with van der Waals surface area (Å²) in [7, 11) is -3.74. The molecule has 1 unspecified atom stereocenters. The lowest BCUT2D eigenvalue weighted by Crippen LogP contribution is -2.10. The van der Waals surface area contributed by atoms with Gasteiger partial charge in [0, 0.05) is 0 Å². The maximum Gasteiger partial charge on any atom is 0.303 e. The van der Waals surface area contributed by atoms with Gasteiger partial charge in [0.05, 0.1) is 6.16 Å². The Morgan fingerprint density at radius 2 is 2.33 bits per heavy atom. The molecule has 0 saturated carbocycles. The van der Waals surface area contributed by atoms with Gasteiger partial charge in [0.25, 0.3) is 7.37 Å². The van der Waals surface area contributed by atoms with Crippen molar-refractivity contribution in [1.82, 2.24) is 0 Å². The summed E-state index contributed by atoms with van der Waals surface area (Å²) in [5, 5.41) is 0. The number of carbonyl (C=O) groups excluding carboxylic acids is 1. The second-order valence-corrected chi connectivity index (χ2v) is 3.72. The molecule has 0 spiro atoms. The van der Waals surface area contributed by atoms with Crippen LogP contribution >= 0.6 is 7.37 Å². The van der Waals surface area contributed by atoms with Crippen LogP contribution in [0, 0.1) is 0 Å². The number of primary amides is 1. The third-order valence-corrected chi connectivity index (χ3v) is 2.16. The van der Waals surface area contributed by atoms with Crippen LogP contribution in [-0.4, -0.2) is 16.7 Å². The van der Waals surface area contributed by atoms with Gasteiger partial charge in [-0.25, -0.2) is 0 Å². The Labute approximate surface area is 52.8 Å². The lowest BCUT2D eigenvalue weighted by Gasteiger charge is -2.00. The summed E-state index contributed by atoms with van der Waals surface area (Å²) >= 11 is 0. The molecule has 1 atom stereocenters. The van der Waals surface area contributed by atoms with Gasteiger partial charge in [-0.15, -0.1) is 6.58 Å². The Kier molecular flexibility index (Phi) is 2.62. The van der Waals surface area contributed by atoms with Crippen molar-refractivity contribution in [2.45, 2.75) is 0 Å². The van der Waals surface area contributed by atoms with E-state index >= 15 is 0 Å². The van der Waals surface area contributed by atoms with Crippen molar-refractivity contribution in [3.05, 3.63) is 12.7 Å². The summed E-state index contributed by atoms with van der Waals surface area (Å²) in [4.78, 5) is 18.7. The van der Waals surface area contributed by atoms with Crippen molar-refractivity contribution in [1.29, 1.82) is 0 Å². The van der Waals surface area contributed by atoms with Crippen molar-refractivity contribution in [3.8, 4) is 0 Å². The highest BCUT2D eigenvalue weighted by Crippen LogP contribution is 2.39. The minimum Gasteiger partial charge on any atom is -0.361 e. The molecule has 0 radical (unpaired) electrons. The molecule has 4 nitrogen and oxygen atoms in total. The van der Waals surface area contributed by atoms with E-state index in [1.165, 1.54) is 6.08 Å². The van der Waals surface area contributed by atoms with Crippen molar-refractivity contribution in [3.63, 3.8) is 0 Å². The number of hydrogen-bond acceptors (Lipinski definition) is 2. The summed E-state index contributed by atoms with van der Waals surface area (Å²) in [6.45, 7) is 3.19. The molecule has 0 aliphatic carbocycles. The maximum absolute atomic E-state index is 10.5. The normalized spacial score (nSPS) is 16.1.